The minimum Gasteiger partial charge on any atom is -0.396 e. The largest absolute Gasteiger partial charge is 0.396 e. The van der Waals surface area contributed by atoms with Crippen LogP contribution in [0.2, 0.25) is 0 Å². The Balaban J connectivity index is -0.000000162. The van der Waals surface area contributed by atoms with E-state index < -0.39 is 8.60 Å². The highest BCUT2D eigenvalue weighted by Gasteiger charge is 1.87. The Bertz CT molecular complexity index is 192. The van der Waals surface area contributed by atoms with Gasteiger partial charge in [0, 0.05) is 19.8 Å². The minimum atomic E-state index is -2.62. The van der Waals surface area contributed by atoms with Gasteiger partial charge in [0.2, 0.25) is 0 Å². The second kappa shape index (κ2) is 44.0. The Morgan fingerprint density at radius 2 is 0.516 bits per heavy atom. The van der Waals surface area contributed by atoms with E-state index in [-0.39, 0.29) is 0 Å². The van der Waals surface area contributed by atoms with E-state index >= 15 is 0 Å². The quantitative estimate of drug-likeness (QED) is 0.104. The average Bonchev–Trinajstić information content (AvgIpc) is 2.74. The van der Waals surface area contributed by atoms with Gasteiger partial charge in [-0.15, -0.1) is 0 Å². The normalized spacial score (nSPS) is 9.87. The fourth-order valence-corrected chi connectivity index (χ4v) is 2.68. The van der Waals surface area contributed by atoms with Crippen molar-refractivity contribution in [3.8, 4) is 0 Å². The molecule has 0 rings (SSSR count). The Morgan fingerprint density at radius 3 is 0.677 bits per heavy atom. The van der Waals surface area contributed by atoms with Gasteiger partial charge in [0.1, 0.15) is 0 Å². The molecule has 0 aromatic rings. The fourth-order valence-electron chi connectivity index (χ4n) is 2.68. The third kappa shape index (κ3) is 72.5. The molecule has 6 nitrogen and oxygen atoms in total. The predicted octanol–water partition coefficient (Wildman–Crippen LogP) is 6.21. The number of aliphatic hydroxyl groups excluding tert-OH is 3. The third-order valence-electron chi connectivity index (χ3n) is 4.54. The monoisotopic (exact) mass is 472 g/mol. The molecule has 0 unspecified atom stereocenters. The molecule has 31 heavy (non-hydrogen) atoms. The molecule has 0 aliphatic heterocycles. The van der Waals surface area contributed by atoms with Gasteiger partial charge in [0.25, 0.3) is 0 Å². The summed E-state index contributed by atoms with van der Waals surface area (Å²) < 4.78 is 0. The fraction of sp³-hybridized carbons (Fsp3) is 1.00. The number of rotatable bonds is 18. The van der Waals surface area contributed by atoms with Crippen molar-refractivity contribution in [1.82, 2.24) is 0 Å². The van der Waals surface area contributed by atoms with Crippen molar-refractivity contribution in [2.24, 2.45) is 0 Å². The molecule has 7 heteroatoms. The topological polar surface area (TPSA) is 121 Å². The molecule has 0 amide bonds. The van der Waals surface area contributed by atoms with Crippen LogP contribution in [-0.2, 0) is 0 Å². The van der Waals surface area contributed by atoms with Gasteiger partial charge in [-0.05, 0) is 19.3 Å². The second-order valence-electron chi connectivity index (χ2n) is 7.74. The number of hydrogen-bond donors (Lipinski definition) is 6. The zero-order valence-electron chi connectivity index (χ0n) is 21.0. The van der Waals surface area contributed by atoms with Crippen LogP contribution in [0.4, 0.5) is 0 Å². The number of hydrogen-bond acceptors (Lipinski definition) is 6. The summed E-state index contributed by atoms with van der Waals surface area (Å²) in [6.07, 6.45) is 22.5. The second-order valence-corrected chi connectivity index (χ2v) is 8.28. The molecule has 0 aromatic carbocycles. The lowest BCUT2D eigenvalue weighted by Gasteiger charge is -1.95. The summed E-state index contributed by atoms with van der Waals surface area (Å²) >= 11 is 0. The number of unbranched alkanes of at least 4 members (excludes halogenated alkanes) is 15. The first-order valence-electron chi connectivity index (χ1n) is 12.7. The van der Waals surface area contributed by atoms with Gasteiger partial charge < -0.3 is 30.0 Å². The summed E-state index contributed by atoms with van der Waals surface area (Å²) in [4.78, 5) is 21.7. The van der Waals surface area contributed by atoms with Crippen molar-refractivity contribution in [2.75, 3.05) is 19.8 Å². The van der Waals surface area contributed by atoms with Crippen molar-refractivity contribution in [1.29, 1.82) is 0 Å². The number of aliphatic hydroxyl groups is 3. The van der Waals surface area contributed by atoms with Crippen molar-refractivity contribution in [2.45, 2.75) is 136 Å². The lowest BCUT2D eigenvalue weighted by molar-refractivity contribution is 0.282. The summed E-state index contributed by atoms with van der Waals surface area (Å²) in [5.41, 5.74) is 0. The van der Waals surface area contributed by atoms with Gasteiger partial charge in [-0.2, -0.15) is 0 Å². The average molecular weight is 473 g/mol. The molecule has 194 valence electrons. The van der Waals surface area contributed by atoms with E-state index in [0.717, 1.165) is 19.3 Å². The van der Waals surface area contributed by atoms with E-state index in [1.54, 1.807) is 0 Å². The summed E-state index contributed by atoms with van der Waals surface area (Å²) in [6.45, 7) is 7.74. The molecule has 0 aromatic heterocycles. The molecule has 0 radical (unpaired) electrons. The maximum Gasteiger partial charge on any atom is 0.324 e. The van der Waals surface area contributed by atoms with E-state index in [0.29, 0.717) is 19.8 Å². The summed E-state index contributed by atoms with van der Waals surface area (Å²) in [6, 6.07) is 0. The van der Waals surface area contributed by atoms with Crippen LogP contribution in [0, 0.1) is 0 Å². The summed E-state index contributed by atoms with van der Waals surface area (Å²) in [5, 5.41) is 25.3. The molecule has 0 spiro atoms. The zero-order chi connectivity index (χ0) is 24.4. The molecule has 0 fully saturated rings. The summed E-state index contributed by atoms with van der Waals surface area (Å²) in [7, 11) is -2.62. The maximum atomic E-state index is 8.42. The van der Waals surface area contributed by atoms with E-state index in [9.17, 15) is 0 Å². The van der Waals surface area contributed by atoms with Gasteiger partial charge in [-0.25, -0.2) is 0 Å². The van der Waals surface area contributed by atoms with Crippen LogP contribution >= 0.6 is 8.60 Å². The molecule has 0 bridgehead atoms. The zero-order valence-corrected chi connectivity index (χ0v) is 21.9. The highest BCUT2D eigenvalue weighted by atomic mass is 31.2. The molecule has 0 saturated carbocycles. The smallest absolute Gasteiger partial charge is 0.324 e. The lowest BCUT2D eigenvalue weighted by atomic mass is 10.1. The van der Waals surface area contributed by atoms with Crippen LogP contribution < -0.4 is 0 Å². The van der Waals surface area contributed by atoms with Crippen molar-refractivity contribution >= 4 is 8.60 Å². The van der Waals surface area contributed by atoms with Gasteiger partial charge in [-0.1, -0.05) is 117 Å². The van der Waals surface area contributed by atoms with Gasteiger partial charge in [0.15, 0.2) is 0 Å². The lowest BCUT2D eigenvalue weighted by Crippen LogP contribution is -1.82. The van der Waals surface area contributed by atoms with E-state index in [4.69, 9.17) is 30.0 Å². The molecule has 0 aliphatic carbocycles. The van der Waals surface area contributed by atoms with Crippen LogP contribution in [0.1, 0.15) is 136 Å². The maximum absolute atomic E-state index is 8.42. The Morgan fingerprint density at radius 1 is 0.355 bits per heavy atom. The van der Waals surface area contributed by atoms with Crippen LogP contribution in [0.25, 0.3) is 0 Å². The Labute approximate surface area is 195 Å². The van der Waals surface area contributed by atoms with Crippen molar-refractivity contribution < 1.29 is 30.0 Å². The van der Waals surface area contributed by atoms with Crippen molar-refractivity contribution in [3.05, 3.63) is 0 Å². The van der Waals surface area contributed by atoms with E-state index in [1.165, 1.54) is 96.3 Å². The van der Waals surface area contributed by atoms with Crippen molar-refractivity contribution in [3.63, 3.8) is 0 Å². The third-order valence-corrected chi connectivity index (χ3v) is 4.54. The van der Waals surface area contributed by atoms with E-state index in [1.807, 2.05) is 0 Å². The molecule has 0 saturated heterocycles. The molecular formula is C24H57O6P. The minimum absolute atomic E-state index is 0.367. The molecule has 6 N–H and O–H groups in total. The molecule has 0 aliphatic rings. The Kier molecular flexibility index (Phi) is 54.5. The predicted molar refractivity (Wildman–Crippen MR) is 135 cm³/mol. The molecule has 0 heterocycles. The van der Waals surface area contributed by atoms with Crippen LogP contribution in [0.15, 0.2) is 0 Å². The van der Waals surface area contributed by atoms with Crippen LogP contribution in [0.5, 0.6) is 0 Å². The first-order chi connectivity index (χ1) is 15.0. The van der Waals surface area contributed by atoms with Gasteiger partial charge >= 0.3 is 8.60 Å². The van der Waals surface area contributed by atoms with Crippen LogP contribution in [-0.4, -0.2) is 49.8 Å². The summed E-state index contributed by atoms with van der Waals surface area (Å²) in [5.74, 6) is 0. The highest BCUT2D eigenvalue weighted by Crippen LogP contribution is 2.11. The first kappa shape index (κ1) is 38.5. The SMILES string of the molecule is CCCCCCCCO.CCCCCCCCO.CCCCCCCCO.OP(O)O. The standard InChI is InChI=1S/3C8H18O.H3O3P/c3*1-2-3-4-5-6-7-8-9;1-4(2)3/h3*9H,2-8H2,1H3;1-3H. The van der Waals surface area contributed by atoms with Gasteiger partial charge in [-0.3, -0.25) is 0 Å². The molecule has 0 atom stereocenters. The molecular weight excluding hydrogens is 415 g/mol. The van der Waals surface area contributed by atoms with E-state index in [2.05, 4.69) is 20.8 Å². The first-order valence-corrected chi connectivity index (χ1v) is 13.9. The highest BCUT2D eigenvalue weighted by molar-refractivity contribution is 7.38. The van der Waals surface area contributed by atoms with Gasteiger partial charge in [0.05, 0.1) is 0 Å². The van der Waals surface area contributed by atoms with Crippen LogP contribution in [0.3, 0.4) is 0 Å². The Hall–Kier alpha value is 0.190.